The molecule has 38 heavy (non-hydrogen) atoms. The Labute approximate surface area is 223 Å². The van der Waals surface area contributed by atoms with Crippen LogP contribution in [-0.2, 0) is 24.0 Å². The van der Waals surface area contributed by atoms with Gasteiger partial charge in [0.05, 0.1) is 27.4 Å². The Balaban J connectivity index is 1.40. The van der Waals surface area contributed by atoms with Crippen LogP contribution in [0.2, 0.25) is 0 Å². The number of hydrogen-bond acceptors (Lipinski definition) is 9. The van der Waals surface area contributed by atoms with E-state index >= 15 is 0 Å². The molecule has 0 unspecified atom stereocenters. The number of amides is 2. The van der Waals surface area contributed by atoms with Crippen LogP contribution < -0.4 is 5.32 Å². The molecule has 1 aliphatic rings. The maximum Gasteiger partial charge on any atom is 0.318 e. The number of carbonyl (C=O) groups excluding carboxylic acids is 2. The van der Waals surface area contributed by atoms with Crippen LogP contribution >= 0.6 is 11.8 Å². The van der Waals surface area contributed by atoms with Gasteiger partial charge in [-0.05, 0) is 79.1 Å². The lowest BCUT2D eigenvalue weighted by atomic mass is 10.0. The summed E-state index contributed by atoms with van der Waals surface area (Å²) in [5, 5.41) is 3.42. The molecule has 2 amide bonds. The largest absolute Gasteiger partial charge is 0.356 e. The maximum absolute atomic E-state index is 13.3. The third-order valence-electron chi connectivity index (χ3n) is 5.58. The van der Waals surface area contributed by atoms with Gasteiger partial charge in [0.25, 0.3) is 11.8 Å². The summed E-state index contributed by atoms with van der Waals surface area (Å²) in [6.07, 6.45) is 4.91. The molecule has 0 radical (unpaired) electrons. The zero-order valence-electron chi connectivity index (χ0n) is 19.9. The Morgan fingerprint density at radius 2 is 1.24 bits per heavy atom. The predicted molar refractivity (Wildman–Crippen MR) is 143 cm³/mol. The van der Waals surface area contributed by atoms with Crippen LogP contribution in [0.3, 0.4) is 0 Å². The topological polar surface area (TPSA) is 119 Å². The number of anilines is 2. The van der Waals surface area contributed by atoms with Gasteiger partial charge in [-0.15, -0.1) is 21.1 Å². The highest BCUT2D eigenvalue weighted by Gasteiger charge is 2.44. The Morgan fingerprint density at radius 3 is 1.68 bits per heavy atom. The van der Waals surface area contributed by atoms with Gasteiger partial charge in [0.2, 0.25) is 0 Å². The molecule has 2 aromatic heterocycles. The molecule has 1 N–H and O–H groups in total. The van der Waals surface area contributed by atoms with Gasteiger partial charge in [-0.25, -0.2) is 0 Å². The molecule has 9 nitrogen and oxygen atoms in total. The Morgan fingerprint density at radius 1 is 0.737 bits per heavy atom. The number of rotatable bonds is 8. The van der Waals surface area contributed by atoms with E-state index in [2.05, 4.69) is 15.3 Å². The zero-order chi connectivity index (χ0) is 26.7. The molecule has 1 aliphatic heterocycles. The highest BCUT2D eigenvalue weighted by molar-refractivity contribution is 7.98. The van der Waals surface area contributed by atoms with Crippen molar-refractivity contribution in [3.8, 4) is 0 Å². The van der Waals surface area contributed by atoms with Crippen LogP contribution in [0.1, 0.15) is 11.4 Å². The smallest absolute Gasteiger partial charge is 0.318 e. The number of hydroxylamine groups is 2. The molecule has 5 rings (SSSR count). The van der Waals surface area contributed by atoms with Crippen molar-refractivity contribution in [1.82, 2.24) is 15.0 Å². The summed E-state index contributed by atoms with van der Waals surface area (Å²) in [7, 11) is -4.53. The molecule has 0 bridgehead atoms. The molecule has 0 saturated carbocycles. The monoisotopic (exact) mass is 544 g/mol. The van der Waals surface area contributed by atoms with Gasteiger partial charge >= 0.3 is 10.1 Å². The number of nitrogens with one attached hydrogen (secondary N) is 1. The fourth-order valence-corrected chi connectivity index (χ4v) is 5.06. The second-order valence-electron chi connectivity index (χ2n) is 7.99. The number of hydrogen-bond donors (Lipinski definition) is 1. The first-order chi connectivity index (χ1) is 18.4. The molecule has 0 aliphatic carbocycles. The van der Waals surface area contributed by atoms with Crippen LogP contribution in [0.25, 0.3) is 11.1 Å². The van der Waals surface area contributed by atoms with E-state index in [0.29, 0.717) is 5.69 Å². The van der Waals surface area contributed by atoms with Crippen LogP contribution in [0.5, 0.6) is 0 Å². The Bertz CT molecular complexity index is 1560. The second-order valence-corrected chi connectivity index (χ2v) is 10.4. The van der Waals surface area contributed by atoms with Gasteiger partial charge in [-0.3, -0.25) is 19.6 Å². The molecule has 0 atom stereocenters. The normalized spacial score (nSPS) is 13.8. The lowest BCUT2D eigenvalue weighted by Gasteiger charge is -2.14. The van der Waals surface area contributed by atoms with Gasteiger partial charge < -0.3 is 5.32 Å². The van der Waals surface area contributed by atoms with Gasteiger partial charge in [-0.1, -0.05) is 12.1 Å². The second kappa shape index (κ2) is 10.6. The number of benzene rings is 2. The van der Waals surface area contributed by atoms with E-state index in [1.54, 1.807) is 60.3 Å². The van der Waals surface area contributed by atoms with Crippen molar-refractivity contribution in [2.75, 3.05) is 11.6 Å². The summed E-state index contributed by atoms with van der Waals surface area (Å²) in [5.74, 6) is -1.91. The molecule has 190 valence electrons. The van der Waals surface area contributed by atoms with Gasteiger partial charge in [-0.2, -0.15) is 8.42 Å². The van der Waals surface area contributed by atoms with Crippen molar-refractivity contribution >= 4 is 56.2 Å². The Hall–Kier alpha value is -4.32. The first-order valence-electron chi connectivity index (χ1n) is 11.3. The van der Waals surface area contributed by atoms with Crippen molar-refractivity contribution in [2.24, 2.45) is 0 Å². The third-order valence-corrected chi connectivity index (χ3v) is 7.52. The van der Waals surface area contributed by atoms with Crippen LogP contribution in [0, 0.1) is 0 Å². The van der Waals surface area contributed by atoms with Crippen LogP contribution in [-0.4, -0.2) is 41.5 Å². The summed E-state index contributed by atoms with van der Waals surface area (Å²) in [6, 6.07) is 23.2. The van der Waals surface area contributed by atoms with Crippen molar-refractivity contribution in [3.05, 3.63) is 109 Å². The summed E-state index contributed by atoms with van der Waals surface area (Å²) in [4.78, 5) is 35.8. The number of pyridine rings is 2. The molecule has 0 saturated heterocycles. The van der Waals surface area contributed by atoms with Gasteiger partial charge in [0.1, 0.15) is 0 Å². The first kappa shape index (κ1) is 25.3. The van der Waals surface area contributed by atoms with E-state index in [4.69, 9.17) is 4.28 Å². The quantitative estimate of drug-likeness (QED) is 0.252. The minimum absolute atomic E-state index is 0.100. The minimum Gasteiger partial charge on any atom is -0.356 e. The van der Waals surface area contributed by atoms with E-state index in [0.717, 1.165) is 10.6 Å². The summed E-state index contributed by atoms with van der Waals surface area (Å²) in [5.41, 5.74) is 1.66. The molecular weight excluding hydrogens is 524 g/mol. The fourth-order valence-electron chi connectivity index (χ4n) is 3.76. The van der Waals surface area contributed by atoms with Crippen molar-refractivity contribution in [2.45, 2.75) is 9.79 Å². The fraction of sp³-hybridized carbons (Fsp3) is 0.0370. The maximum atomic E-state index is 13.3. The lowest BCUT2D eigenvalue weighted by molar-refractivity contribution is -0.160. The molecular formula is C27H20N4O5S2. The van der Waals surface area contributed by atoms with Crippen LogP contribution in [0.4, 0.5) is 11.4 Å². The molecule has 0 fully saturated rings. The number of nitrogens with zero attached hydrogens (tertiary/aromatic N) is 3. The first-order valence-corrected chi connectivity index (χ1v) is 13.9. The third kappa shape index (κ3) is 5.07. The summed E-state index contributed by atoms with van der Waals surface area (Å²) >= 11 is 1.63. The number of carbonyl (C=O) groups is 2. The average Bonchev–Trinajstić information content (AvgIpc) is 3.19. The van der Waals surface area contributed by atoms with Crippen LogP contribution in [0.15, 0.2) is 107 Å². The SMILES string of the molecule is CSc1ccc(Nc2ccc(S(=O)(=O)ON3C(=O)C(c4ccccn4)=C(c4ccccn4)C3=O)cc2)cc1. The Kier molecular flexibility index (Phi) is 7.05. The number of aromatic nitrogens is 2. The van der Waals surface area contributed by atoms with Crippen molar-refractivity contribution in [3.63, 3.8) is 0 Å². The van der Waals surface area contributed by atoms with Gasteiger partial charge in [0.15, 0.2) is 0 Å². The lowest BCUT2D eigenvalue weighted by Crippen LogP contribution is -2.34. The van der Waals surface area contributed by atoms with Gasteiger partial charge in [0, 0.05) is 28.7 Å². The summed E-state index contributed by atoms with van der Waals surface area (Å²) < 4.78 is 31.2. The number of imide groups is 1. The molecule has 4 aromatic rings. The van der Waals surface area contributed by atoms with Crippen molar-refractivity contribution in [1.29, 1.82) is 0 Å². The van der Waals surface area contributed by atoms with Crippen molar-refractivity contribution < 1.29 is 22.3 Å². The van der Waals surface area contributed by atoms with E-state index in [-0.39, 0.29) is 32.5 Å². The molecule has 11 heteroatoms. The zero-order valence-corrected chi connectivity index (χ0v) is 21.6. The standard InChI is InChI=1S/C27H20N4O5S2/c1-37-20-12-8-18(9-13-20)30-19-10-14-21(15-11-19)38(34,35)36-31-26(32)24(22-6-2-4-16-28-22)25(27(31)33)23-7-3-5-17-29-23/h2-17,30H,1H3. The average molecular weight is 545 g/mol. The number of thioether (sulfide) groups is 1. The highest BCUT2D eigenvalue weighted by Crippen LogP contribution is 2.35. The minimum atomic E-state index is -4.53. The molecule has 0 spiro atoms. The molecule has 3 heterocycles. The van der Waals surface area contributed by atoms with E-state index < -0.39 is 21.9 Å². The predicted octanol–water partition coefficient (Wildman–Crippen LogP) is 4.54. The van der Waals surface area contributed by atoms with E-state index in [1.807, 2.05) is 30.5 Å². The van der Waals surface area contributed by atoms with E-state index in [1.165, 1.54) is 24.5 Å². The summed E-state index contributed by atoms with van der Waals surface area (Å²) in [6.45, 7) is 0. The molecule has 2 aromatic carbocycles. The highest BCUT2D eigenvalue weighted by atomic mass is 32.2. The van der Waals surface area contributed by atoms with E-state index in [9.17, 15) is 18.0 Å².